The van der Waals surface area contributed by atoms with Crippen LogP contribution in [0.5, 0.6) is 0 Å². The number of likely N-dealkylation sites (N-methyl/N-ethyl adjacent to an activating group) is 1. The van der Waals surface area contributed by atoms with Crippen LogP contribution in [0, 0.1) is 10.1 Å². The molecule has 0 aliphatic heterocycles. The van der Waals surface area contributed by atoms with Crippen LogP contribution in [0.3, 0.4) is 0 Å². The molecule has 1 aromatic heterocycles. The number of nitrogens with one attached hydrogen (secondary N) is 1. The van der Waals surface area contributed by atoms with E-state index < -0.39 is 0 Å². The van der Waals surface area contributed by atoms with Crippen molar-refractivity contribution in [3.63, 3.8) is 0 Å². The van der Waals surface area contributed by atoms with E-state index in [1.54, 1.807) is 18.5 Å². The number of fused-ring (bicyclic) bond motifs is 1. The third-order valence-electron chi connectivity index (χ3n) is 3.94. The minimum absolute atomic E-state index is 0.0961. The summed E-state index contributed by atoms with van der Waals surface area (Å²) in [7, 11) is 2.14. The highest BCUT2D eigenvalue weighted by molar-refractivity contribution is 5.99. The van der Waals surface area contributed by atoms with Gasteiger partial charge >= 0.3 is 0 Å². The number of non-ortho nitro benzene ring substituents is 1. The van der Waals surface area contributed by atoms with Gasteiger partial charge in [0.05, 0.1) is 10.3 Å². The van der Waals surface area contributed by atoms with Gasteiger partial charge in [-0.15, -0.1) is 0 Å². The summed E-state index contributed by atoms with van der Waals surface area (Å²) in [6.07, 6.45) is 5.80. The molecule has 2 aromatic rings. The molecule has 1 heterocycles. The Hall–Kier alpha value is -2.21. The van der Waals surface area contributed by atoms with Gasteiger partial charge in [0.1, 0.15) is 0 Å². The molecule has 0 atom stereocenters. The van der Waals surface area contributed by atoms with Crippen LogP contribution in [-0.4, -0.2) is 41.0 Å². The number of hydrogen-bond donors (Lipinski definition) is 1. The second-order valence-electron chi connectivity index (χ2n) is 5.45. The van der Waals surface area contributed by atoms with Crippen molar-refractivity contribution in [2.45, 2.75) is 18.9 Å². The normalized spacial score (nSPS) is 14.6. The Kier molecular flexibility index (Phi) is 3.70. The molecule has 0 radical (unpaired) electrons. The van der Waals surface area contributed by atoms with Crippen LogP contribution < -0.4 is 5.32 Å². The van der Waals surface area contributed by atoms with Crippen LogP contribution >= 0.6 is 0 Å². The van der Waals surface area contributed by atoms with Crippen molar-refractivity contribution in [1.29, 1.82) is 0 Å². The molecule has 0 amide bonds. The Morgan fingerprint density at radius 1 is 1.38 bits per heavy atom. The first-order valence-corrected chi connectivity index (χ1v) is 7.12. The van der Waals surface area contributed by atoms with Crippen molar-refractivity contribution >= 4 is 22.1 Å². The molecule has 1 N–H and O–H groups in total. The zero-order chi connectivity index (χ0) is 14.8. The van der Waals surface area contributed by atoms with Gasteiger partial charge in [-0.1, -0.05) is 0 Å². The van der Waals surface area contributed by atoms with Gasteiger partial charge in [0, 0.05) is 48.7 Å². The van der Waals surface area contributed by atoms with E-state index in [9.17, 15) is 10.1 Å². The zero-order valence-electron chi connectivity index (χ0n) is 12.0. The molecule has 1 aliphatic carbocycles. The van der Waals surface area contributed by atoms with Crippen LogP contribution in [-0.2, 0) is 0 Å². The number of aromatic nitrogens is 1. The first kappa shape index (κ1) is 13.8. The summed E-state index contributed by atoms with van der Waals surface area (Å²) < 4.78 is 0. The predicted octanol–water partition coefficient (Wildman–Crippen LogP) is 2.65. The molecule has 1 aromatic carbocycles. The maximum atomic E-state index is 11.1. The lowest BCUT2D eigenvalue weighted by atomic mass is 10.1. The van der Waals surface area contributed by atoms with Gasteiger partial charge in [-0.2, -0.15) is 0 Å². The van der Waals surface area contributed by atoms with Crippen molar-refractivity contribution in [3.05, 3.63) is 40.7 Å². The smallest absolute Gasteiger partial charge is 0.278 e. The average molecular weight is 286 g/mol. The van der Waals surface area contributed by atoms with Crippen LogP contribution in [0.1, 0.15) is 12.8 Å². The van der Waals surface area contributed by atoms with E-state index in [4.69, 9.17) is 0 Å². The summed E-state index contributed by atoms with van der Waals surface area (Å²) in [6.45, 7) is 1.79. The minimum atomic E-state index is -0.366. The quantitative estimate of drug-likeness (QED) is 0.653. The molecule has 1 aliphatic rings. The van der Waals surface area contributed by atoms with Crippen molar-refractivity contribution in [2.24, 2.45) is 0 Å². The maximum Gasteiger partial charge on any atom is 0.278 e. The second-order valence-corrected chi connectivity index (χ2v) is 5.45. The van der Waals surface area contributed by atoms with E-state index in [-0.39, 0.29) is 10.6 Å². The number of benzene rings is 1. The Bertz CT molecular complexity index is 670. The Labute approximate surface area is 122 Å². The number of nitrogens with zero attached hydrogens (tertiary/aromatic N) is 3. The lowest BCUT2D eigenvalue weighted by Gasteiger charge is -2.17. The summed E-state index contributed by atoms with van der Waals surface area (Å²) in [5, 5.41) is 15.9. The molecular weight excluding hydrogens is 268 g/mol. The van der Waals surface area contributed by atoms with Gasteiger partial charge in [0.2, 0.25) is 0 Å². The fourth-order valence-corrected chi connectivity index (χ4v) is 2.55. The predicted molar refractivity (Wildman–Crippen MR) is 82.5 cm³/mol. The molecule has 110 valence electrons. The molecule has 21 heavy (non-hydrogen) atoms. The van der Waals surface area contributed by atoms with Gasteiger partial charge in [-0.25, -0.2) is 0 Å². The molecule has 0 saturated heterocycles. The Balaban J connectivity index is 1.78. The van der Waals surface area contributed by atoms with Crippen LogP contribution in [0.25, 0.3) is 10.8 Å². The molecule has 1 saturated carbocycles. The Morgan fingerprint density at radius 3 is 2.90 bits per heavy atom. The largest absolute Gasteiger partial charge is 0.383 e. The topological polar surface area (TPSA) is 71.3 Å². The minimum Gasteiger partial charge on any atom is -0.383 e. The number of pyridine rings is 1. The van der Waals surface area contributed by atoms with E-state index >= 15 is 0 Å². The molecule has 3 rings (SSSR count). The van der Waals surface area contributed by atoms with Gasteiger partial charge < -0.3 is 10.2 Å². The maximum absolute atomic E-state index is 11.1. The van der Waals surface area contributed by atoms with E-state index in [1.807, 2.05) is 6.07 Å². The number of hydrogen-bond acceptors (Lipinski definition) is 5. The lowest BCUT2D eigenvalue weighted by molar-refractivity contribution is -0.383. The summed E-state index contributed by atoms with van der Waals surface area (Å²) in [5.74, 6) is 0. The summed E-state index contributed by atoms with van der Waals surface area (Å²) in [4.78, 5) is 17.0. The number of nitro groups is 1. The molecular formula is C15H18N4O2. The number of anilines is 1. The van der Waals surface area contributed by atoms with Gasteiger partial charge in [-0.3, -0.25) is 15.1 Å². The molecule has 6 nitrogen and oxygen atoms in total. The monoisotopic (exact) mass is 286 g/mol. The van der Waals surface area contributed by atoms with E-state index in [1.165, 1.54) is 18.9 Å². The summed E-state index contributed by atoms with van der Waals surface area (Å²) >= 11 is 0. The first-order valence-electron chi connectivity index (χ1n) is 7.12. The average Bonchev–Trinajstić information content (AvgIpc) is 3.31. The Morgan fingerprint density at radius 2 is 2.19 bits per heavy atom. The highest BCUT2D eigenvalue weighted by Gasteiger charge is 2.25. The molecule has 0 unspecified atom stereocenters. The van der Waals surface area contributed by atoms with Gasteiger partial charge in [0.15, 0.2) is 0 Å². The van der Waals surface area contributed by atoms with Gasteiger partial charge in [-0.05, 0) is 32.0 Å². The van der Waals surface area contributed by atoms with Crippen molar-refractivity contribution < 1.29 is 4.92 Å². The third-order valence-corrected chi connectivity index (χ3v) is 3.94. The standard InChI is InChI=1S/C15H18N4O2/c1-18(11-2-3-11)9-8-17-14-4-5-15(19(20)21)13-10-16-7-6-12(13)14/h4-7,10-11,17H,2-3,8-9H2,1H3. The molecule has 0 spiro atoms. The molecule has 6 heteroatoms. The fraction of sp³-hybridized carbons (Fsp3) is 0.400. The highest BCUT2D eigenvalue weighted by atomic mass is 16.6. The van der Waals surface area contributed by atoms with Crippen molar-refractivity contribution in [2.75, 3.05) is 25.5 Å². The van der Waals surface area contributed by atoms with Crippen molar-refractivity contribution in [1.82, 2.24) is 9.88 Å². The molecule has 0 bridgehead atoms. The molecule has 1 fully saturated rings. The van der Waals surface area contributed by atoms with Crippen LogP contribution in [0.4, 0.5) is 11.4 Å². The second kappa shape index (κ2) is 5.65. The van der Waals surface area contributed by atoms with Crippen LogP contribution in [0.15, 0.2) is 30.6 Å². The summed E-state index contributed by atoms with van der Waals surface area (Å²) in [5.41, 5.74) is 1.01. The van der Waals surface area contributed by atoms with E-state index in [2.05, 4.69) is 22.2 Å². The number of nitro benzene ring substituents is 1. The van der Waals surface area contributed by atoms with Crippen LogP contribution in [0.2, 0.25) is 0 Å². The highest BCUT2D eigenvalue weighted by Crippen LogP contribution is 2.30. The number of rotatable bonds is 6. The van der Waals surface area contributed by atoms with E-state index in [0.29, 0.717) is 5.39 Å². The summed E-state index contributed by atoms with van der Waals surface area (Å²) in [6, 6.07) is 5.87. The third kappa shape index (κ3) is 2.95. The zero-order valence-corrected chi connectivity index (χ0v) is 12.0. The van der Waals surface area contributed by atoms with Gasteiger partial charge in [0.25, 0.3) is 5.69 Å². The lowest BCUT2D eigenvalue weighted by Crippen LogP contribution is -2.27. The van der Waals surface area contributed by atoms with E-state index in [0.717, 1.165) is 30.2 Å². The SMILES string of the molecule is CN(CCNc1ccc([N+](=O)[O-])c2cnccc12)C1CC1. The fourth-order valence-electron chi connectivity index (χ4n) is 2.55. The van der Waals surface area contributed by atoms with Crippen molar-refractivity contribution in [3.8, 4) is 0 Å². The first-order chi connectivity index (χ1) is 10.2.